The lowest BCUT2D eigenvalue weighted by Crippen LogP contribution is -2.41. The maximum absolute atomic E-state index is 5.45. The van der Waals surface area contributed by atoms with Crippen LogP contribution in [0.25, 0.3) is 0 Å². The molecule has 3 nitrogen and oxygen atoms in total. The largest absolute Gasteiger partial charge is 0.375 e. The Kier molecular flexibility index (Phi) is 5.67. The molecule has 1 aromatic rings. The number of hydrogen-bond donors (Lipinski definition) is 0. The number of thiazole rings is 1. The maximum Gasteiger partial charge on any atom is 0.0961 e. The minimum absolute atomic E-state index is 0.675. The van der Waals surface area contributed by atoms with Gasteiger partial charge in [0, 0.05) is 23.9 Å². The lowest BCUT2D eigenvalue weighted by atomic mass is 9.90. The summed E-state index contributed by atoms with van der Waals surface area (Å²) in [5.41, 5.74) is 1.12. The Balaban J connectivity index is 1.49. The van der Waals surface area contributed by atoms with Crippen LogP contribution in [0.3, 0.4) is 0 Å². The van der Waals surface area contributed by atoms with E-state index in [1.54, 1.807) is 0 Å². The molecule has 21 heavy (non-hydrogen) atoms. The highest BCUT2D eigenvalue weighted by atomic mass is 32.1. The third kappa shape index (κ3) is 4.05. The van der Waals surface area contributed by atoms with E-state index in [0.717, 1.165) is 18.3 Å². The molecule has 1 saturated heterocycles. The van der Waals surface area contributed by atoms with Crippen molar-refractivity contribution in [2.75, 3.05) is 19.7 Å². The van der Waals surface area contributed by atoms with Crippen molar-refractivity contribution in [3.05, 3.63) is 16.1 Å². The molecule has 0 atom stereocenters. The molecule has 2 aliphatic rings. The summed E-state index contributed by atoms with van der Waals surface area (Å²) in [5, 5.41) is 3.52. The van der Waals surface area contributed by atoms with Crippen LogP contribution in [0.1, 0.15) is 68.5 Å². The molecule has 0 unspecified atom stereocenters. The standard InChI is InChI=1S/C17H28N2OS/c1-2-20-12-15-13-21-17(18-15)14-8-10-19(11-9-14)16-6-4-3-5-7-16/h13-14,16H,2-12H2,1H3. The summed E-state index contributed by atoms with van der Waals surface area (Å²) < 4.78 is 5.45. The fourth-order valence-corrected chi connectivity index (χ4v) is 4.72. The summed E-state index contributed by atoms with van der Waals surface area (Å²) in [6, 6.07) is 0.879. The van der Waals surface area contributed by atoms with Gasteiger partial charge in [-0.15, -0.1) is 11.3 Å². The van der Waals surface area contributed by atoms with Crippen LogP contribution in [0.2, 0.25) is 0 Å². The molecule has 0 aromatic carbocycles. The molecule has 0 radical (unpaired) electrons. The topological polar surface area (TPSA) is 25.4 Å². The summed E-state index contributed by atoms with van der Waals surface area (Å²) >= 11 is 1.83. The van der Waals surface area contributed by atoms with E-state index >= 15 is 0 Å². The van der Waals surface area contributed by atoms with E-state index in [0.29, 0.717) is 12.5 Å². The van der Waals surface area contributed by atoms with Crippen LogP contribution < -0.4 is 0 Å². The Labute approximate surface area is 132 Å². The average molecular weight is 308 g/mol. The quantitative estimate of drug-likeness (QED) is 0.815. The Hall–Kier alpha value is -0.450. The van der Waals surface area contributed by atoms with Crippen molar-refractivity contribution in [2.45, 2.75) is 70.4 Å². The highest BCUT2D eigenvalue weighted by molar-refractivity contribution is 7.09. The van der Waals surface area contributed by atoms with Gasteiger partial charge < -0.3 is 9.64 Å². The van der Waals surface area contributed by atoms with E-state index in [4.69, 9.17) is 9.72 Å². The predicted octanol–water partition coefficient (Wildman–Crippen LogP) is 4.19. The zero-order chi connectivity index (χ0) is 14.5. The molecule has 4 heteroatoms. The molecule has 3 rings (SSSR count). The third-order valence-corrected chi connectivity index (χ3v) is 6.05. The van der Waals surface area contributed by atoms with Crippen LogP contribution >= 0.6 is 11.3 Å². The molecule has 1 aliphatic carbocycles. The Morgan fingerprint density at radius 1 is 1.19 bits per heavy atom. The molecule has 118 valence electrons. The van der Waals surface area contributed by atoms with Gasteiger partial charge in [0.1, 0.15) is 0 Å². The second kappa shape index (κ2) is 7.70. The van der Waals surface area contributed by atoms with Crippen molar-refractivity contribution in [3.63, 3.8) is 0 Å². The van der Waals surface area contributed by atoms with Crippen molar-refractivity contribution in [1.29, 1.82) is 0 Å². The van der Waals surface area contributed by atoms with Gasteiger partial charge in [0.25, 0.3) is 0 Å². The number of aromatic nitrogens is 1. The summed E-state index contributed by atoms with van der Waals surface area (Å²) in [5.74, 6) is 0.685. The molecule has 0 spiro atoms. The van der Waals surface area contributed by atoms with Gasteiger partial charge in [0.2, 0.25) is 0 Å². The number of nitrogens with zero attached hydrogens (tertiary/aromatic N) is 2. The van der Waals surface area contributed by atoms with Gasteiger partial charge >= 0.3 is 0 Å². The van der Waals surface area contributed by atoms with E-state index in [2.05, 4.69) is 10.3 Å². The van der Waals surface area contributed by atoms with Gasteiger partial charge in [-0.3, -0.25) is 0 Å². The predicted molar refractivity (Wildman–Crippen MR) is 87.9 cm³/mol. The summed E-state index contributed by atoms with van der Waals surface area (Å²) in [4.78, 5) is 7.54. The monoisotopic (exact) mass is 308 g/mol. The maximum atomic E-state index is 5.45. The van der Waals surface area contributed by atoms with Crippen LogP contribution in [0, 0.1) is 0 Å². The van der Waals surface area contributed by atoms with Gasteiger partial charge in [-0.2, -0.15) is 0 Å². The lowest BCUT2D eigenvalue weighted by molar-refractivity contribution is 0.121. The molecule has 1 aromatic heterocycles. The zero-order valence-electron chi connectivity index (χ0n) is 13.2. The molecule has 2 fully saturated rings. The Morgan fingerprint density at radius 3 is 2.67 bits per heavy atom. The average Bonchev–Trinajstić information content (AvgIpc) is 3.03. The zero-order valence-corrected chi connectivity index (χ0v) is 14.0. The molecular formula is C17H28N2OS. The molecule has 1 aliphatic heterocycles. The van der Waals surface area contributed by atoms with Gasteiger partial charge in [-0.25, -0.2) is 4.98 Å². The fourth-order valence-electron chi connectivity index (χ4n) is 3.74. The number of ether oxygens (including phenoxy) is 1. The third-order valence-electron chi connectivity index (χ3n) is 4.99. The van der Waals surface area contributed by atoms with Gasteiger partial charge in [0.05, 0.1) is 17.3 Å². The number of hydrogen-bond acceptors (Lipinski definition) is 4. The second-order valence-corrected chi connectivity index (χ2v) is 7.31. The first kappa shape index (κ1) is 15.4. The van der Waals surface area contributed by atoms with Crippen LogP contribution in [0.5, 0.6) is 0 Å². The van der Waals surface area contributed by atoms with Gasteiger partial charge in [-0.1, -0.05) is 19.3 Å². The van der Waals surface area contributed by atoms with Crippen LogP contribution in [0.15, 0.2) is 5.38 Å². The summed E-state index contributed by atoms with van der Waals surface area (Å²) in [6.07, 6.45) is 9.78. The van der Waals surface area contributed by atoms with Crippen LogP contribution in [0.4, 0.5) is 0 Å². The van der Waals surface area contributed by atoms with Crippen molar-refractivity contribution >= 4 is 11.3 Å². The van der Waals surface area contributed by atoms with Crippen molar-refractivity contribution in [2.24, 2.45) is 0 Å². The first-order valence-corrected chi connectivity index (χ1v) is 9.51. The molecule has 2 heterocycles. The summed E-state index contributed by atoms with van der Waals surface area (Å²) in [6.45, 7) is 6.03. The fraction of sp³-hybridized carbons (Fsp3) is 0.824. The highest BCUT2D eigenvalue weighted by Crippen LogP contribution is 2.33. The van der Waals surface area contributed by atoms with E-state index in [1.807, 2.05) is 18.3 Å². The Morgan fingerprint density at radius 2 is 1.95 bits per heavy atom. The SMILES string of the molecule is CCOCc1csc(C2CCN(C3CCCCC3)CC2)n1. The van der Waals surface area contributed by atoms with E-state index in [9.17, 15) is 0 Å². The van der Waals surface area contributed by atoms with Crippen molar-refractivity contribution in [3.8, 4) is 0 Å². The normalized spacial score (nSPS) is 22.7. The van der Waals surface area contributed by atoms with E-state index < -0.39 is 0 Å². The minimum atomic E-state index is 0.675. The first-order chi connectivity index (χ1) is 10.4. The van der Waals surface area contributed by atoms with Gasteiger partial charge in [0.15, 0.2) is 0 Å². The molecule has 0 bridgehead atoms. The Bertz CT molecular complexity index is 420. The molecule has 0 amide bonds. The smallest absolute Gasteiger partial charge is 0.0961 e. The van der Waals surface area contributed by atoms with Crippen LogP contribution in [-0.4, -0.2) is 35.6 Å². The summed E-state index contributed by atoms with van der Waals surface area (Å²) in [7, 11) is 0. The first-order valence-electron chi connectivity index (χ1n) is 8.63. The highest BCUT2D eigenvalue weighted by Gasteiger charge is 2.27. The van der Waals surface area contributed by atoms with Crippen molar-refractivity contribution < 1.29 is 4.74 Å². The van der Waals surface area contributed by atoms with Gasteiger partial charge in [-0.05, 0) is 45.7 Å². The van der Waals surface area contributed by atoms with E-state index in [1.165, 1.54) is 63.0 Å². The molecule has 0 N–H and O–H groups in total. The second-order valence-electron chi connectivity index (χ2n) is 6.42. The molecular weight excluding hydrogens is 280 g/mol. The lowest BCUT2D eigenvalue weighted by Gasteiger charge is -2.38. The molecule has 1 saturated carbocycles. The number of rotatable bonds is 5. The number of piperidine rings is 1. The number of likely N-dealkylation sites (tertiary alicyclic amines) is 1. The minimum Gasteiger partial charge on any atom is -0.375 e. The van der Waals surface area contributed by atoms with Crippen LogP contribution in [-0.2, 0) is 11.3 Å². The van der Waals surface area contributed by atoms with E-state index in [-0.39, 0.29) is 0 Å². The van der Waals surface area contributed by atoms with Crippen molar-refractivity contribution in [1.82, 2.24) is 9.88 Å².